The van der Waals surface area contributed by atoms with Gasteiger partial charge in [-0.1, -0.05) is 6.92 Å². The van der Waals surface area contributed by atoms with Crippen molar-refractivity contribution >= 4 is 5.95 Å². The van der Waals surface area contributed by atoms with Crippen molar-refractivity contribution in [2.75, 3.05) is 11.9 Å². The summed E-state index contributed by atoms with van der Waals surface area (Å²) in [5.74, 6) is 1.25. The summed E-state index contributed by atoms with van der Waals surface area (Å²) >= 11 is 0. The van der Waals surface area contributed by atoms with Gasteiger partial charge in [-0.15, -0.1) is 0 Å². The van der Waals surface area contributed by atoms with E-state index in [0.29, 0.717) is 24.5 Å². The Labute approximate surface area is 95.4 Å². The van der Waals surface area contributed by atoms with E-state index in [2.05, 4.69) is 22.2 Å². The van der Waals surface area contributed by atoms with Gasteiger partial charge in [-0.2, -0.15) is 4.98 Å². The predicted molar refractivity (Wildman–Crippen MR) is 62.6 cm³/mol. The van der Waals surface area contributed by atoms with E-state index in [0.717, 1.165) is 18.5 Å². The molecule has 0 amide bonds. The van der Waals surface area contributed by atoms with Crippen molar-refractivity contribution in [1.29, 1.82) is 0 Å². The van der Waals surface area contributed by atoms with Gasteiger partial charge in [0.1, 0.15) is 0 Å². The fourth-order valence-electron chi connectivity index (χ4n) is 1.43. The first-order valence-electron chi connectivity index (χ1n) is 5.69. The molecule has 88 valence electrons. The Balaban J connectivity index is 2.03. The summed E-state index contributed by atoms with van der Waals surface area (Å²) in [5, 5.41) is 3.20. The van der Waals surface area contributed by atoms with Gasteiger partial charge < -0.3 is 15.8 Å². The third kappa shape index (κ3) is 2.82. The molecule has 2 rings (SSSR count). The third-order valence-electron chi connectivity index (χ3n) is 2.44. The van der Waals surface area contributed by atoms with Gasteiger partial charge in [0, 0.05) is 23.8 Å². The minimum Gasteiger partial charge on any atom is -0.478 e. The molecule has 3 N–H and O–H groups in total. The molecule has 0 bridgehead atoms. The molecule has 1 saturated carbocycles. The van der Waals surface area contributed by atoms with E-state index in [-0.39, 0.29) is 6.04 Å². The second-order valence-corrected chi connectivity index (χ2v) is 4.17. The third-order valence-corrected chi connectivity index (χ3v) is 2.44. The van der Waals surface area contributed by atoms with Gasteiger partial charge in [-0.05, 0) is 19.8 Å². The molecule has 16 heavy (non-hydrogen) atoms. The van der Waals surface area contributed by atoms with Crippen LogP contribution in [-0.4, -0.2) is 28.7 Å². The lowest BCUT2D eigenvalue weighted by atomic mass is 10.4. The van der Waals surface area contributed by atoms with Gasteiger partial charge in [0.2, 0.25) is 11.8 Å². The fraction of sp³-hybridized carbons (Fsp3) is 0.636. The van der Waals surface area contributed by atoms with Crippen LogP contribution < -0.4 is 15.8 Å². The van der Waals surface area contributed by atoms with E-state index in [4.69, 9.17) is 10.5 Å². The second-order valence-electron chi connectivity index (χ2n) is 4.17. The van der Waals surface area contributed by atoms with Crippen LogP contribution in [0.3, 0.4) is 0 Å². The van der Waals surface area contributed by atoms with Crippen molar-refractivity contribution < 1.29 is 4.74 Å². The predicted octanol–water partition coefficient (Wildman–Crippen LogP) is 1.09. The zero-order valence-electron chi connectivity index (χ0n) is 9.73. The molecule has 0 aromatic carbocycles. The maximum Gasteiger partial charge on any atom is 0.226 e. The van der Waals surface area contributed by atoms with E-state index >= 15 is 0 Å². The van der Waals surface area contributed by atoms with E-state index in [1.54, 1.807) is 0 Å². The Hall–Kier alpha value is -1.36. The highest BCUT2D eigenvalue weighted by molar-refractivity contribution is 5.34. The van der Waals surface area contributed by atoms with Crippen molar-refractivity contribution in [3.05, 3.63) is 11.8 Å². The number of ether oxygens (including phenoxy) is 1. The van der Waals surface area contributed by atoms with E-state index < -0.39 is 0 Å². The highest BCUT2D eigenvalue weighted by Gasteiger charge is 2.34. The average molecular weight is 222 g/mol. The minimum atomic E-state index is 0.240. The Bertz CT molecular complexity index is 369. The van der Waals surface area contributed by atoms with Crippen molar-refractivity contribution in [3.63, 3.8) is 0 Å². The van der Waals surface area contributed by atoms with Crippen LogP contribution in [0, 0.1) is 6.92 Å². The summed E-state index contributed by atoms with van der Waals surface area (Å²) in [7, 11) is 0. The number of aromatic nitrogens is 2. The van der Waals surface area contributed by atoms with E-state index in [1.165, 1.54) is 0 Å². The Morgan fingerprint density at radius 3 is 2.94 bits per heavy atom. The maximum atomic E-state index is 5.72. The lowest BCUT2D eigenvalue weighted by Gasteiger charge is -2.08. The molecule has 1 aromatic heterocycles. The Kier molecular flexibility index (Phi) is 3.24. The molecule has 2 atom stereocenters. The zero-order chi connectivity index (χ0) is 11.5. The van der Waals surface area contributed by atoms with Gasteiger partial charge in [-0.3, -0.25) is 0 Å². The quantitative estimate of drug-likeness (QED) is 0.780. The topological polar surface area (TPSA) is 73.1 Å². The lowest BCUT2D eigenvalue weighted by Crippen LogP contribution is -2.15. The standard InChI is InChI=1S/C11H18N4O/c1-3-4-16-10-5-7(2)13-11(15-10)14-9-6-8(9)12/h5,8-9H,3-4,6,12H2,1-2H3,(H,13,14,15). The molecular formula is C11H18N4O. The first kappa shape index (κ1) is 11.1. The molecule has 1 heterocycles. The summed E-state index contributed by atoms with van der Waals surface area (Å²) in [6.07, 6.45) is 1.96. The molecule has 0 spiro atoms. The number of nitrogens with zero attached hydrogens (tertiary/aromatic N) is 2. The average Bonchev–Trinajstić information content (AvgIpc) is 2.90. The van der Waals surface area contributed by atoms with Crippen LogP contribution in [0.5, 0.6) is 5.88 Å². The van der Waals surface area contributed by atoms with Gasteiger partial charge >= 0.3 is 0 Å². The number of hydrogen-bond acceptors (Lipinski definition) is 5. The molecule has 1 aliphatic carbocycles. The van der Waals surface area contributed by atoms with Crippen molar-refractivity contribution in [3.8, 4) is 5.88 Å². The summed E-state index contributed by atoms with van der Waals surface area (Å²) in [4.78, 5) is 8.58. The zero-order valence-corrected chi connectivity index (χ0v) is 9.73. The van der Waals surface area contributed by atoms with Crippen LogP contribution in [0.1, 0.15) is 25.5 Å². The molecule has 1 aliphatic rings. The first-order valence-corrected chi connectivity index (χ1v) is 5.69. The van der Waals surface area contributed by atoms with Crippen molar-refractivity contribution in [2.45, 2.75) is 38.8 Å². The largest absolute Gasteiger partial charge is 0.478 e. The van der Waals surface area contributed by atoms with Crippen molar-refractivity contribution in [2.24, 2.45) is 5.73 Å². The first-order chi connectivity index (χ1) is 7.69. The smallest absolute Gasteiger partial charge is 0.226 e. The molecule has 0 aliphatic heterocycles. The SMILES string of the molecule is CCCOc1cc(C)nc(NC2CC2N)n1. The van der Waals surface area contributed by atoms with Gasteiger partial charge in [0.05, 0.1) is 6.61 Å². The lowest BCUT2D eigenvalue weighted by molar-refractivity contribution is 0.305. The maximum absolute atomic E-state index is 5.72. The van der Waals surface area contributed by atoms with Crippen LogP contribution >= 0.6 is 0 Å². The molecule has 2 unspecified atom stereocenters. The molecule has 5 heteroatoms. The number of anilines is 1. The molecule has 0 saturated heterocycles. The fourth-order valence-corrected chi connectivity index (χ4v) is 1.43. The normalized spacial score (nSPS) is 22.9. The molecular weight excluding hydrogens is 204 g/mol. The number of aryl methyl sites for hydroxylation is 1. The van der Waals surface area contributed by atoms with Gasteiger partial charge in [-0.25, -0.2) is 4.98 Å². The minimum absolute atomic E-state index is 0.240. The van der Waals surface area contributed by atoms with Crippen LogP contribution in [0.15, 0.2) is 6.07 Å². The molecule has 1 aromatic rings. The van der Waals surface area contributed by atoms with Crippen LogP contribution in [0.2, 0.25) is 0 Å². The Morgan fingerprint density at radius 1 is 1.56 bits per heavy atom. The van der Waals surface area contributed by atoms with E-state index in [1.807, 2.05) is 13.0 Å². The highest BCUT2D eigenvalue weighted by Crippen LogP contribution is 2.23. The summed E-state index contributed by atoms with van der Waals surface area (Å²) < 4.78 is 5.48. The summed E-state index contributed by atoms with van der Waals surface area (Å²) in [5.41, 5.74) is 6.62. The van der Waals surface area contributed by atoms with Crippen LogP contribution in [0.4, 0.5) is 5.95 Å². The Morgan fingerprint density at radius 2 is 2.31 bits per heavy atom. The molecule has 1 fully saturated rings. The van der Waals surface area contributed by atoms with Gasteiger partial charge in [0.15, 0.2) is 0 Å². The molecule has 0 radical (unpaired) electrons. The monoisotopic (exact) mass is 222 g/mol. The van der Waals surface area contributed by atoms with Crippen molar-refractivity contribution in [1.82, 2.24) is 9.97 Å². The van der Waals surface area contributed by atoms with Crippen LogP contribution in [-0.2, 0) is 0 Å². The number of rotatable bonds is 5. The second kappa shape index (κ2) is 4.65. The number of nitrogens with one attached hydrogen (secondary N) is 1. The van der Waals surface area contributed by atoms with E-state index in [9.17, 15) is 0 Å². The van der Waals surface area contributed by atoms with Gasteiger partial charge in [0.25, 0.3) is 0 Å². The number of nitrogens with two attached hydrogens (primary N) is 1. The van der Waals surface area contributed by atoms with Crippen LogP contribution in [0.25, 0.3) is 0 Å². The number of hydrogen-bond donors (Lipinski definition) is 2. The summed E-state index contributed by atoms with van der Waals surface area (Å²) in [6.45, 7) is 4.67. The summed E-state index contributed by atoms with van der Waals surface area (Å²) in [6, 6.07) is 2.40. The highest BCUT2D eigenvalue weighted by atomic mass is 16.5. The molecule has 5 nitrogen and oxygen atoms in total.